The van der Waals surface area contributed by atoms with E-state index in [1.54, 1.807) is 36.4 Å². The van der Waals surface area contributed by atoms with Crippen molar-refractivity contribution in [3.05, 3.63) is 77.4 Å². The summed E-state index contributed by atoms with van der Waals surface area (Å²) in [5.41, 5.74) is 1.07. The van der Waals surface area contributed by atoms with E-state index in [1.165, 1.54) is 43.4 Å². The molecular weight excluding hydrogens is 632 g/mol. The van der Waals surface area contributed by atoms with Gasteiger partial charge in [-0.05, 0) is 55.3 Å². The summed E-state index contributed by atoms with van der Waals surface area (Å²) < 4.78 is 34.5. The zero-order valence-electron chi connectivity index (χ0n) is 23.6. The fourth-order valence-corrected chi connectivity index (χ4v) is 5.66. The molecule has 0 radical (unpaired) electrons. The van der Waals surface area contributed by atoms with E-state index in [9.17, 15) is 14.4 Å². The smallest absolute Gasteiger partial charge is 0.343 e. The molecule has 42 heavy (non-hydrogen) atoms. The number of esters is 2. The monoisotopic (exact) mass is 660 g/mol. The number of thiazole rings is 1. The molecule has 222 valence electrons. The molecule has 1 aliphatic rings. The molecule has 3 aromatic rings. The maximum atomic E-state index is 13.9. The Labute approximate surface area is 253 Å². The zero-order chi connectivity index (χ0) is 30.4. The number of fused-ring (bicyclic) bond motifs is 1. The van der Waals surface area contributed by atoms with Gasteiger partial charge in [0.25, 0.3) is 5.56 Å². The van der Waals surface area contributed by atoms with E-state index in [0.29, 0.717) is 61.1 Å². The Balaban J connectivity index is 1.84. The number of nitrogens with zero attached hydrogens (tertiary/aromatic N) is 2. The highest BCUT2D eigenvalue weighted by molar-refractivity contribution is 9.10. The number of aromatic nitrogens is 1. The first-order valence-corrected chi connectivity index (χ1v) is 14.4. The Hall–Kier alpha value is -4.10. The fraction of sp³-hybridized carbons (Fsp3) is 0.310. The zero-order valence-corrected chi connectivity index (χ0v) is 26.0. The lowest BCUT2D eigenvalue weighted by Gasteiger charge is -2.23. The lowest BCUT2D eigenvalue weighted by Crippen LogP contribution is -2.39. The number of benzene rings is 2. The van der Waals surface area contributed by atoms with Gasteiger partial charge in [-0.2, -0.15) is 0 Å². The number of carbonyl (C=O) groups is 2. The van der Waals surface area contributed by atoms with Gasteiger partial charge in [-0.15, -0.1) is 0 Å². The predicted molar refractivity (Wildman–Crippen MR) is 158 cm³/mol. The first-order chi connectivity index (χ1) is 20.3. The molecule has 11 nitrogen and oxygen atoms in total. The standard InChI is InChI=1S/C29H29BrN2O9S/c1-6-39-20-9-8-16(10-22(20)40-7-2)26-18(28(35)38-5)14-31-29-32(26)27(34)24(42-29)12-17-11-21(36-3)23(13-19(17)30)41-15-25(33)37-4/h8-14,26H,6-7,15H2,1-5H3/b24-12-/t26-/m1/s1. The van der Waals surface area contributed by atoms with Crippen LogP contribution in [0.3, 0.4) is 0 Å². The van der Waals surface area contributed by atoms with E-state index in [-0.39, 0.29) is 17.7 Å². The van der Waals surface area contributed by atoms with Crippen LogP contribution in [0.25, 0.3) is 6.08 Å². The van der Waals surface area contributed by atoms with Crippen LogP contribution in [0.4, 0.5) is 0 Å². The largest absolute Gasteiger partial charge is 0.493 e. The molecule has 2 heterocycles. The number of methoxy groups -OCH3 is 3. The van der Waals surface area contributed by atoms with E-state index in [1.807, 2.05) is 13.8 Å². The average Bonchev–Trinajstić information content (AvgIpc) is 3.31. The molecule has 1 aromatic heterocycles. The number of ether oxygens (including phenoxy) is 6. The third kappa shape index (κ3) is 6.36. The van der Waals surface area contributed by atoms with Crippen LogP contribution in [0.2, 0.25) is 0 Å². The molecule has 0 fully saturated rings. The minimum atomic E-state index is -0.821. The van der Waals surface area contributed by atoms with Crippen LogP contribution in [0.15, 0.2) is 56.4 Å². The number of hydrogen-bond donors (Lipinski definition) is 0. The third-order valence-corrected chi connectivity index (χ3v) is 7.83. The first kappa shape index (κ1) is 30.8. The van der Waals surface area contributed by atoms with Crippen molar-refractivity contribution >= 4 is 45.3 Å². The van der Waals surface area contributed by atoms with Crippen molar-refractivity contribution in [2.75, 3.05) is 41.2 Å². The molecular formula is C29H29BrN2O9S. The minimum absolute atomic E-state index is 0.193. The Bertz CT molecular complexity index is 1710. The highest BCUT2D eigenvalue weighted by atomic mass is 79.9. The van der Waals surface area contributed by atoms with Crippen LogP contribution in [-0.2, 0) is 19.1 Å². The molecule has 1 atom stereocenters. The third-order valence-electron chi connectivity index (χ3n) is 6.15. The van der Waals surface area contributed by atoms with E-state index >= 15 is 0 Å². The molecule has 0 unspecified atom stereocenters. The molecule has 2 aromatic carbocycles. The molecule has 0 N–H and O–H groups in total. The van der Waals surface area contributed by atoms with Gasteiger partial charge in [-0.1, -0.05) is 33.3 Å². The molecule has 13 heteroatoms. The van der Waals surface area contributed by atoms with E-state index < -0.39 is 18.0 Å². The Morgan fingerprint density at radius 3 is 2.36 bits per heavy atom. The molecule has 0 amide bonds. The summed E-state index contributed by atoms with van der Waals surface area (Å²) in [6.45, 7) is 4.28. The van der Waals surface area contributed by atoms with Gasteiger partial charge in [0, 0.05) is 10.7 Å². The van der Waals surface area contributed by atoms with Crippen LogP contribution in [0.1, 0.15) is 31.0 Å². The minimum Gasteiger partial charge on any atom is -0.493 e. The van der Waals surface area contributed by atoms with Gasteiger partial charge in [0.2, 0.25) is 0 Å². The quantitative estimate of drug-likeness (QED) is 0.285. The van der Waals surface area contributed by atoms with Crippen LogP contribution >= 0.6 is 27.3 Å². The summed E-state index contributed by atoms with van der Waals surface area (Å²) in [7, 11) is 4.01. The lowest BCUT2D eigenvalue weighted by atomic mass is 9.97. The van der Waals surface area contributed by atoms with Crippen LogP contribution in [-0.4, -0.2) is 57.7 Å². The normalized spacial score (nSPS) is 14.3. The van der Waals surface area contributed by atoms with Crippen LogP contribution < -0.4 is 33.8 Å². The SMILES string of the molecule is CCOc1ccc([C@@H]2C(C(=O)OC)=CN=c3s/c(=C\c4cc(OC)c(OCC(=O)OC)cc4Br)c(=O)n32)cc1OCC. The number of rotatable bonds is 11. The van der Waals surface area contributed by atoms with Gasteiger partial charge in [0.05, 0.1) is 50.7 Å². The van der Waals surface area contributed by atoms with Crippen molar-refractivity contribution in [2.45, 2.75) is 19.9 Å². The van der Waals surface area contributed by atoms with Gasteiger partial charge in [0.1, 0.15) is 0 Å². The molecule has 0 saturated carbocycles. The van der Waals surface area contributed by atoms with Crippen molar-refractivity contribution in [1.82, 2.24) is 4.57 Å². The summed E-state index contributed by atoms with van der Waals surface area (Å²) in [5.74, 6) is 0.559. The van der Waals surface area contributed by atoms with Crippen LogP contribution in [0, 0.1) is 0 Å². The number of halogens is 1. The summed E-state index contributed by atoms with van der Waals surface area (Å²) in [5, 5.41) is 0. The Morgan fingerprint density at radius 2 is 1.69 bits per heavy atom. The molecule has 0 saturated heterocycles. The van der Waals surface area contributed by atoms with Gasteiger partial charge in [-0.25, -0.2) is 14.6 Å². The summed E-state index contributed by atoms with van der Waals surface area (Å²) in [4.78, 5) is 43.1. The van der Waals surface area contributed by atoms with E-state index in [2.05, 4.69) is 25.7 Å². The van der Waals surface area contributed by atoms with E-state index in [4.69, 9.17) is 23.7 Å². The molecule has 0 spiro atoms. The summed E-state index contributed by atoms with van der Waals surface area (Å²) >= 11 is 4.68. The molecule has 1 aliphatic heterocycles. The lowest BCUT2D eigenvalue weighted by molar-refractivity contribution is -0.143. The van der Waals surface area contributed by atoms with Gasteiger partial charge in [0.15, 0.2) is 34.4 Å². The summed E-state index contributed by atoms with van der Waals surface area (Å²) in [6.07, 6.45) is 3.11. The topological polar surface area (TPSA) is 124 Å². The number of carbonyl (C=O) groups excluding carboxylic acids is 2. The van der Waals surface area contributed by atoms with Crippen molar-refractivity contribution < 1.29 is 38.0 Å². The van der Waals surface area contributed by atoms with Crippen molar-refractivity contribution in [3.8, 4) is 23.0 Å². The average molecular weight is 662 g/mol. The first-order valence-electron chi connectivity index (χ1n) is 12.8. The second-order valence-corrected chi connectivity index (χ2v) is 10.5. The maximum Gasteiger partial charge on any atom is 0.343 e. The predicted octanol–water partition coefficient (Wildman–Crippen LogP) is 3.14. The van der Waals surface area contributed by atoms with Gasteiger partial charge >= 0.3 is 11.9 Å². The highest BCUT2D eigenvalue weighted by Crippen LogP contribution is 2.36. The van der Waals surface area contributed by atoms with Crippen LogP contribution in [0.5, 0.6) is 23.0 Å². The second kappa shape index (κ2) is 13.7. The maximum absolute atomic E-state index is 13.9. The molecule has 0 bridgehead atoms. The van der Waals surface area contributed by atoms with E-state index in [0.717, 1.165) is 0 Å². The summed E-state index contributed by atoms with van der Waals surface area (Å²) in [6, 6.07) is 7.78. The van der Waals surface area contributed by atoms with Crippen molar-refractivity contribution in [3.63, 3.8) is 0 Å². The molecule has 0 aliphatic carbocycles. The number of hydrogen-bond acceptors (Lipinski definition) is 11. The second-order valence-electron chi connectivity index (χ2n) is 8.64. The Kier molecular flexibility index (Phi) is 10.1. The van der Waals surface area contributed by atoms with Gasteiger partial charge in [-0.3, -0.25) is 9.36 Å². The van der Waals surface area contributed by atoms with Gasteiger partial charge < -0.3 is 28.4 Å². The Morgan fingerprint density at radius 1 is 0.976 bits per heavy atom. The van der Waals surface area contributed by atoms with Crippen molar-refractivity contribution in [2.24, 2.45) is 4.99 Å². The molecule has 4 rings (SSSR count). The van der Waals surface area contributed by atoms with Crippen molar-refractivity contribution in [1.29, 1.82) is 0 Å². The fourth-order valence-electron chi connectivity index (χ4n) is 4.26. The highest BCUT2D eigenvalue weighted by Gasteiger charge is 2.31.